The molecule has 2 aliphatic rings. The first-order chi connectivity index (χ1) is 10.1. The van der Waals surface area contributed by atoms with Crippen LogP contribution in [0.3, 0.4) is 0 Å². The summed E-state index contributed by atoms with van der Waals surface area (Å²) in [6.45, 7) is 0. The van der Waals surface area contributed by atoms with Gasteiger partial charge >= 0.3 is 5.97 Å². The van der Waals surface area contributed by atoms with Crippen LogP contribution in [-0.2, 0) is 4.74 Å². The van der Waals surface area contributed by atoms with Crippen LogP contribution in [0.15, 0.2) is 24.3 Å². The van der Waals surface area contributed by atoms with Gasteiger partial charge in [-0.3, -0.25) is 5.73 Å². The minimum absolute atomic E-state index is 0.280. The van der Waals surface area contributed by atoms with E-state index in [2.05, 4.69) is 23.7 Å². The first-order valence-electron chi connectivity index (χ1n) is 6.89. The molecule has 2 atom stereocenters. The van der Waals surface area contributed by atoms with Crippen molar-refractivity contribution in [2.24, 2.45) is 11.7 Å². The average Bonchev–Trinajstić information content (AvgIpc) is 3.36. The van der Waals surface area contributed by atoms with E-state index >= 15 is 0 Å². The molecule has 2 unspecified atom stereocenters. The van der Waals surface area contributed by atoms with E-state index in [-0.39, 0.29) is 6.42 Å². The Morgan fingerprint density at radius 1 is 1.29 bits per heavy atom. The number of rotatable bonds is 2. The highest BCUT2D eigenvalue weighted by Gasteiger charge is 2.54. The Labute approximate surface area is 123 Å². The summed E-state index contributed by atoms with van der Waals surface area (Å²) in [6, 6.07) is 6.71. The van der Waals surface area contributed by atoms with Gasteiger partial charge in [0, 0.05) is 17.9 Å². The van der Waals surface area contributed by atoms with Crippen LogP contribution in [0.1, 0.15) is 35.2 Å². The van der Waals surface area contributed by atoms with E-state index in [0.29, 0.717) is 11.5 Å². The predicted octanol–water partition coefficient (Wildman–Crippen LogP) is 1.03. The fourth-order valence-electron chi connectivity index (χ4n) is 1.74. The van der Waals surface area contributed by atoms with Crippen LogP contribution in [0.2, 0.25) is 0 Å². The summed E-state index contributed by atoms with van der Waals surface area (Å²) < 4.78 is 5.05. The SMILES string of the molecule is NC1(OC(=O)c2ccc(C#CC#CC3CC3)cc2)CC1O. The number of carbonyl (C=O) groups is 1. The molecular formula is C17H15NO3. The standard InChI is InChI=1S/C17H15NO3/c18-17(11-15(17)19)21-16(20)14-9-7-13(8-10-14)4-2-1-3-12-5-6-12/h7-10,12,15,19H,5-6,11,18H2. The second kappa shape index (κ2) is 5.26. The van der Waals surface area contributed by atoms with E-state index in [9.17, 15) is 9.90 Å². The van der Waals surface area contributed by atoms with Gasteiger partial charge in [-0.15, -0.1) is 0 Å². The molecular weight excluding hydrogens is 266 g/mol. The van der Waals surface area contributed by atoms with E-state index in [4.69, 9.17) is 10.5 Å². The molecule has 2 saturated carbocycles. The number of hydrogen-bond acceptors (Lipinski definition) is 4. The van der Waals surface area contributed by atoms with Gasteiger partial charge in [-0.1, -0.05) is 11.8 Å². The van der Waals surface area contributed by atoms with Crippen molar-refractivity contribution in [2.75, 3.05) is 0 Å². The molecule has 0 amide bonds. The maximum atomic E-state index is 11.8. The summed E-state index contributed by atoms with van der Waals surface area (Å²) in [6.07, 6.45) is 1.88. The highest BCUT2D eigenvalue weighted by molar-refractivity contribution is 5.90. The van der Waals surface area contributed by atoms with Crippen molar-refractivity contribution >= 4 is 5.97 Å². The molecule has 3 N–H and O–H groups in total. The fourth-order valence-corrected chi connectivity index (χ4v) is 1.74. The van der Waals surface area contributed by atoms with Gasteiger partial charge in [-0.05, 0) is 48.9 Å². The highest BCUT2D eigenvalue weighted by Crippen LogP contribution is 2.34. The average molecular weight is 281 g/mol. The van der Waals surface area contributed by atoms with E-state index < -0.39 is 17.8 Å². The van der Waals surface area contributed by atoms with Gasteiger partial charge in [0.25, 0.3) is 0 Å². The lowest BCUT2D eigenvalue weighted by Gasteiger charge is -2.11. The summed E-state index contributed by atoms with van der Waals surface area (Å²) in [5.41, 5.74) is 5.59. The van der Waals surface area contributed by atoms with Crippen molar-refractivity contribution in [1.29, 1.82) is 0 Å². The summed E-state index contributed by atoms with van der Waals surface area (Å²) in [5.74, 6) is 11.6. The number of esters is 1. The summed E-state index contributed by atoms with van der Waals surface area (Å²) in [5, 5.41) is 9.26. The van der Waals surface area contributed by atoms with Crippen molar-refractivity contribution < 1.29 is 14.6 Å². The first kappa shape index (κ1) is 13.7. The lowest BCUT2D eigenvalue weighted by Crippen LogP contribution is -2.33. The zero-order valence-electron chi connectivity index (χ0n) is 11.4. The number of benzene rings is 1. The maximum Gasteiger partial charge on any atom is 0.339 e. The van der Waals surface area contributed by atoms with Gasteiger partial charge in [0.05, 0.1) is 5.56 Å². The van der Waals surface area contributed by atoms with Gasteiger partial charge < -0.3 is 9.84 Å². The van der Waals surface area contributed by atoms with Crippen LogP contribution in [0.5, 0.6) is 0 Å². The molecule has 1 aromatic rings. The van der Waals surface area contributed by atoms with Gasteiger partial charge in [-0.2, -0.15) is 0 Å². The number of carbonyl (C=O) groups excluding carboxylic acids is 1. The zero-order valence-corrected chi connectivity index (χ0v) is 11.4. The normalized spacial score (nSPS) is 25.9. The molecule has 4 nitrogen and oxygen atoms in total. The lowest BCUT2D eigenvalue weighted by atomic mass is 10.1. The Bertz CT molecular complexity index is 683. The molecule has 0 aromatic heterocycles. The van der Waals surface area contributed by atoms with Crippen LogP contribution in [0, 0.1) is 29.6 Å². The third-order valence-electron chi connectivity index (χ3n) is 3.44. The molecule has 0 heterocycles. The number of hydrogen-bond donors (Lipinski definition) is 2. The van der Waals surface area contributed by atoms with Gasteiger partial charge in [0.15, 0.2) is 5.72 Å². The van der Waals surface area contributed by atoms with Crippen LogP contribution < -0.4 is 5.73 Å². The Hall–Kier alpha value is -2.27. The van der Waals surface area contributed by atoms with Crippen molar-refractivity contribution in [3.05, 3.63) is 35.4 Å². The topological polar surface area (TPSA) is 72.5 Å². The molecule has 0 aliphatic heterocycles. The molecule has 0 spiro atoms. The molecule has 0 saturated heterocycles. The van der Waals surface area contributed by atoms with Crippen LogP contribution >= 0.6 is 0 Å². The summed E-state index contributed by atoms with van der Waals surface area (Å²) in [7, 11) is 0. The molecule has 0 bridgehead atoms. The smallest absolute Gasteiger partial charge is 0.339 e. The molecule has 4 heteroatoms. The van der Waals surface area contributed by atoms with Gasteiger partial charge in [-0.25, -0.2) is 4.79 Å². The Morgan fingerprint density at radius 2 is 1.95 bits per heavy atom. The monoisotopic (exact) mass is 281 g/mol. The highest BCUT2D eigenvalue weighted by atomic mass is 16.6. The second-order valence-corrected chi connectivity index (χ2v) is 5.44. The van der Waals surface area contributed by atoms with Crippen molar-refractivity contribution in [3.63, 3.8) is 0 Å². The quantitative estimate of drug-likeness (QED) is 0.482. The third kappa shape index (κ3) is 3.44. The molecule has 21 heavy (non-hydrogen) atoms. The Balaban J connectivity index is 1.61. The molecule has 3 rings (SSSR count). The van der Waals surface area contributed by atoms with E-state index in [1.165, 1.54) is 12.8 Å². The second-order valence-electron chi connectivity index (χ2n) is 5.44. The lowest BCUT2D eigenvalue weighted by molar-refractivity contribution is 0.00975. The molecule has 1 aromatic carbocycles. The van der Waals surface area contributed by atoms with Crippen LogP contribution in [-0.4, -0.2) is 22.9 Å². The van der Waals surface area contributed by atoms with Crippen molar-refractivity contribution in [3.8, 4) is 23.7 Å². The van der Waals surface area contributed by atoms with Crippen molar-refractivity contribution in [2.45, 2.75) is 31.1 Å². The van der Waals surface area contributed by atoms with E-state index in [1.807, 2.05) is 0 Å². The minimum Gasteiger partial charge on any atom is -0.438 e. The largest absolute Gasteiger partial charge is 0.438 e. The third-order valence-corrected chi connectivity index (χ3v) is 3.44. The number of aliphatic hydroxyl groups is 1. The summed E-state index contributed by atoms with van der Waals surface area (Å²) in [4.78, 5) is 11.8. The van der Waals surface area contributed by atoms with E-state index in [0.717, 1.165) is 5.56 Å². The van der Waals surface area contributed by atoms with E-state index in [1.54, 1.807) is 24.3 Å². The molecule has 0 radical (unpaired) electrons. The number of aliphatic hydroxyl groups excluding tert-OH is 1. The molecule has 106 valence electrons. The molecule has 2 fully saturated rings. The minimum atomic E-state index is -1.21. The maximum absolute atomic E-state index is 11.8. The zero-order chi connectivity index (χ0) is 14.9. The van der Waals surface area contributed by atoms with Gasteiger partial charge in [0.1, 0.15) is 6.10 Å². The fraction of sp³-hybridized carbons (Fsp3) is 0.353. The Morgan fingerprint density at radius 3 is 2.52 bits per heavy atom. The summed E-state index contributed by atoms with van der Waals surface area (Å²) >= 11 is 0. The molecule has 2 aliphatic carbocycles. The van der Waals surface area contributed by atoms with Crippen molar-refractivity contribution in [1.82, 2.24) is 0 Å². The Kier molecular flexibility index (Phi) is 3.43. The van der Waals surface area contributed by atoms with Crippen LogP contribution in [0.4, 0.5) is 0 Å². The first-order valence-corrected chi connectivity index (χ1v) is 6.89. The van der Waals surface area contributed by atoms with Crippen LogP contribution in [0.25, 0.3) is 0 Å². The predicted molar refractivity (Wildman–Crippen MR) is 76.8 cm³/mol. The van der Waals surface area contributed by atoms with Gasteiger partial charge in [0.2, 0.25) is 0 Å². The number of ether oxygens (including phenoxy) is 1. The number of nitrogens with two attached hydrogens (primary N) is 1.